The molecule has 7 heteroatoms. The van der Waals surface area contributed by atoms with Crippen LogP contribution in [0.3, 0.4) is 0 Å². The second kappa shape index (κ2) is 9.41. The third-order valence-corrected chi connectivity index (χ3v) is 5.95. The monoisotopic (exact) mass is 413 g/mol. The van der Waals surface area contributed by atoms with Crippen molar-refractivity contribution in [1.82, 2.24) is 5.32 Å². The van der Waals surface area contributed by atoms with Gasteiger partial charge in [-0.1, -0.05) is 31.9 Å². The van der Waals surface area contributed by atoms with Crippen LogP contribution < -0.4 is 10.3 Å². The van der Waals surface area contributed by atoms with Gasteiger partial charge in [-0.2, -0.15) is 10.1 Å². The van der Waals surface area contributed by atoms with E-state index in [2.05, 4.69) is 17.3 Å². The number of hydrazone groups is 1. The van der Waals surface area contributed by atoms with E-state index in [0.29, 0.717) is 11.6 Å². The van der Waals surface area contributed by atoms with Crippen LogP contribution in [0, 0.1) is 19.8 Å². The zero-order valence-corrected chi connectivity index (χ0v) is 18.2. The topological polar surface area (TPSA) is 88.1 Å². The van der Waals surface area contributed by atoms with Crippen molar-refractivity contribution in [1.29, 1.82) is 0 Å². The van der Waals surface area contributed by atoms with E-state index in [1.54, 1.807) is 6.92 Å². The maximum absolute atomic E-state index is 12.6. The summed E-state index contributed by atoms with van der Waals surface area (Å²) in [7, 11) is 0. The van der Waals surface area contributed by atoms with Gasteiger partial charge in [0.15, 0.2) is 6.10 Å². The van der Waals surface area contributed by atoms with Crippen LogP contribution in [0.25, 0.3) is 0 Å². The number of carbonyl (C=O) groups excluding carboxylic acids is 3. The van der Waals surface area contributed by atoms with E-state index in [0.717, 1.165) is 30.4 Å². The Labute approximate surface area is 177 Å². The van der Waals surface area contributed by atoms with Crippen molar-refractivity contribution < 1.29 is 19.1 Å². The zero-order valence-electron chi connectivity index (χ0n) is 18.2. The van der Waals surface area contributed by atoms with E-state index in [4.69, 9.17) is 4.74 Å². The summed E-state index contributed by atoms with van der Waals surface area (Å²) in [6, 6.07) is 5.86. The standard InChI is InChI=1S/C23H31N3O4/c1-14-9-10-16(3)20(13-14)26-21(27)12-11-19(25-26)23(29)30-17(4)22(28)24-18-8-6-5-7-15(18)2/h9-10,13,15,17-18H,5-8,11-12H2,1-4H3,(H,24,28)/t15-,17-,18-/m1/s1. The molecule has 1 N–H and O–H groups in total. The zero-order chi connectivity index (χ0) is 21.8. The number of ether oxygens (including phenoxy) is 1. The maximum Gasteiger partial charge on any atom is 0.355 e. The van der Waals surface area contributed by atoms with Crippen molar-refractivity contribution in [3.05, 3.63) is 29.3 Å². The summed E-state index contributed by atoms with van der Waals surface area (Å²) < 4.78 is 5.38. The van der Waals surface area contributed by atoms with E-state index in [-0.39, 0.29) is 36.4 Å². The SMILES string of the molecule is Cc1ccc(C)c(N2N=C(C(=O)O[C@H](C)C(=O)N[C@@H]3CCCC[C@H]3C)CCC2=O)c1. The van der Waals surface area contributed by atoms with Crippen molar-refractivity contribution in [3.8, 4) is 0 Å². The van der Waals surface area contributed by atoms with E-state index in [1.165, 1.54) is 11.4 Å². The molecule has 0 unspecified atom stereocenters. The highest BCUT2D eigenvalue weighted by Crippen LogP contribution is 2.26. The average Bonchev–Trinajstić information content (AvgIpc) is 2.71. The molecule has 0 spiro atoms. The van der Waals surface area contributed by atoms with E-state index in [9.17, 15) is 14.4 Å². The second-order valence-corrected chi connectivity index (χ2v) is 8.47. The van der Waals surface area contributed by atoms with Crippen LogP contribution in [0.1, 0.15) is 63.5 Å². The number of benzene rings is 1. The van der Waals surface area contributed by atoms with Crippen molar-refractivity contribution in [2.24, 2.45) is 11.0 Å². The van der Waals surface area contributed by atoms with Crippen LogP contribution in [-0.2, 0) is 19.1 Å². The van der Waals surface area contributed by atoms with Crippen molar-refractivity contribution >= 4 is 29.2 Å². The van der Waals surface area contributed by atoms with Gasteiger partial charge in [0, 0.05) is 18.9 Å². The Morgan fingerprint density at radius 1 is 1.20 bits per heavy atom. The molecule has 3 atom stereocenters. The summed E-state index contributed by atoms with van der Waals surface area (Å²) in [5.74, 6) is -0.694. The Bertz CT molecular complexity index is 864. The number of hydrogen-bond acceptors (Lipinski definition) is 5. The Morgan fingerprint density at radius 2 is 1.93 bits per heavy atom. The van der Waals surface area contributed by atoms with Gasteiger partial charge in [-0.25, -0.2) is 4.79 Å². The van der Waals surface area contributed by atoms with Gasteiger partial charge in [-0.05, 0) is 56.7 Å². The van der Waals surface area contributed by atoms with Gasteiger partial charge >= 0.3 is 5.97 Å². The number of carbonyl (C=O) groups is 3. The molecule has 7 nitrogen and oxygen atoms in total. The lowest BCUT2D eigenvalue weighted by atomic mass is 9.86. The number of hydrogen-bond donors (Lipinski definition) is 1. The van der Waals surface area contributed by atoms with Gasteiger partial charge in [0.25, 0.3) is 5.91 Å². The number of esters is 1. The summed E-state index contributed by atoms with van der Waals surface area (Å²) in [5, 5.41) is 8.56. The van der Waals surface area contributed by atoms with E-state index < -0.39 is 12.1 Å². The van der Waals surface area contributed by atoms with Gasteiger partial charge in [-0.15, -0.1) is 0 Å². The van der Waals surface area contributed by atoms with Crippen LogP contribution >= 0.6 is 0 Å². The molecule has 1 saturated carbocycles. The van der Waals surface area contributed by atoms with Gasteiger partial charge in [0.05, 0.1) is 5.69 Å². The minimum atomic E-state index is -0.916. The number of rotatable bonds is 5. The fourth-order valence-electron chi connectivity index (χ4n) is 3.95. The van der Waals surface area contributed by atoms with Gasteiger partial charge in [0.2, 0.25) is 5.91 Å². The predicted octanol–water partition coefficient (Wildman–Crippen LogP) is 3.41. The summed E-state index contributed by atoms with van der Waals surface area (Å²) in [6.45, 7) is 7.53. The number of anilines is 1. The summed E-state index contributed by atoms with van der Waals surface area (Å²) in [5.41, 5.74) is 2.69. The lowest BCUT2D eigenvalue weighted by Gasteiger charge is -2.30. The molecule has 30 heavy (non-hydrogen) atoms. The minimum absolute atomic E-state index is 0.122. The quantitative estimate of drug-likeness (QED) is 0.749. The molecule has 162 valence electrons. The fraction of sp³-hybridized carbons (Fsp3) is 0.565. The summed E-state index contributed by atoms with van der Waals surface area (Å²) in [4.78, 5) is 37.5. The van der Waals surface area contributed by atoms with Crippen LogP contribution in [0.4, 0.5) is 5.69 Å². The lowest BCUT2D eigenvalue weighted by Crippen LogP contribution is -2.46. The lowest BCUT2D eigenvalue weighted by molar-refractivity contribution is -0.149. The first-order valence-electron chi connectivity index (χ1n) is 10.8. The van der Waals surface area contributed by atoms with Gasteiger partial charge in [-0.3, -0.25) is 9.59 Å². The third-order valence-electron chi connectivity index (χ3n) is 5.95. The predicted molar refractivity (Wildman–Crippen MR) is 115 cm³/mol. The molecule has 3 rings (SSSR count). The van der Waals surface area contributed by atoms with Crippen LogP contribution in [0.5, 0.6) is 0 Å². The number of amides is 2. The molecule has 1 fully saturated rings. The number of nitrogens with zero attached hydrogens (tertiary/aromatic N) is 2. The normalized spacial score (nSPS) is 22.9. The first kappa shape index (κ1) is 22.0. The molecular weight excluding hydrogens is 382 g/mol. The molecular formula is C23H31N3O4. The molecule has 1 heterocycles. The van der Waals surface area contributed by atoms with Gasteiger partial charge in [0.1, 0.15) is 5.71 Å². The highest BCUT2D eigenvalue weighted by atomic mass is 16.5. The maximum atomic E-state index is 12.6. The molecule has 1 aliphatic heterocycles. The minimum Gasteiger partial charge on any atom is -0.448 e. The largest absolute Gasteiger partial charge is 0.448 e. The van der Waals surface area contributed by atoms with Crippen LogP contribution in [0.15, 0.2) is 23.3 Å². The number of aryl methyl sites for hydroxylation is 2. The molecule has 0 aromatic heterocycles. The summed E-state index contributed by atoms with van der Waals surface area (Å²) >= 11 is 0. The van der Waals surface area contributed by atoms with Crippen LogP contribution in [-0.4, -0.2) is 35.6 Å². The molecule has 0 saturated heterocycles. The molecule has 2 aliphatic rings. The molecule has 0 radical (unpaired) electrons. The molecule has 1 aromatic carbocycles. The summed E-state index contributed by atoms with van der Waals surface area (Å²) in [6.07, 6.45) is 3.79. The van der Waals surface area contributed by atoms with E-state index >= 15 is 0 Å². The van der Waals surface area contributed by atoms with Crippen LogP contribution in [0.2, 0.25) is 0 Å². The number of nitrogens with one attached hydrogen (secondary N) is 1. The molecule has 1 aliphatic carbocycles. The second-order valence-electron chi connectivity index (χ2n) is 8.47. The first-order chi connectivity index (χ1) is 14.3. The van der Waals surface area contributed by atoms with Crippen molar-refractivity contribution in [2.75, 3.05) is 5.01 Å². The Morgan fingerprint density at radius 3 is 2.67 bits per heavy atom. The van der Waals surface area contributed by atoms with Crippen molar-refractivity contribution in [2.45, 2.75) is 78.4 Å². The Hall–Kier alpha value is -2.70. The molecule has 2 amide bonds. The van der Waals surface area contributed by atoms with E-state index in [1.807, 2.05) is 32.0 Å². The average molecular weight is 414 g/mol. The molecule has 0 bridgehead atoms. The molecule has 1 aromatic rings. The third kappa shape index (κ3) is 5.07. The van der Waals surface area contributed by atoms with Gasteiger partial charge < -0.3 is 10.1 Å². The first-order valence-corrected chi connectivity index (χ1v) is 10.8. The smallest absolute Gasteiger partial charge is 0.355 e. The van der Waals surface area contributed by atoms with Crippen molar-refractivity contribution in [3.63, 3.8) is 0 Å². The Kier molecular flexibility index (Phi) is 6.90. The Balaban J connectivity index is 1.67. The highest BCUT2D eigenvalue weighted by molar-refractivity contribution is 6.38. The fourth-order valence-corrected chi connectivity index (χ4v) is 3.95. The highest BCUT2D eigenvalue weighted by Gasteiger charge is 2.30.